The van der Waals surface area contributed by atoms with Crippen LogP contribution in [0.15, 0.2) is 54.6 Å². The first-order valence-electron chi connectivity index (χ1n) is 10.8. The van der Waals surface area contributed by atoms with E-state index in [0.717, 1.165) is 30.9 Å². The monoisotopic (exact) mass is 412 g/mol. The summed E-state index contributed by atoms with van der Waals surface area (Å²) in [5.74, 6) is 1.00. The second-order valence-electron chi connectivity index (χ2n) is 8.41. The van der Waals surface area contributed by atoms with Gasteiger partial charge >= 0.3 is 6.09 Å². The van der Waals surface area contributed by atoms with Gasteiger partial charge < -0.3 is 19.7 Å². The van der Waals surface area contributed by atoms with E-state index in [-0.39, 0.29) is 12.0 Å². The van der Waals surface area contributed by atoms with Gasteiger partial charge in [0.05, 0.1) is 0 Å². The second-order valence-corrected chi connectivity index (χ2v) is 8.41. The minimum Gasteiger partial charge on any atom is -0.489 e. The van der Waals surface area contributed by atoms with Crippen LogP contribution in [-0.2, 0) is 11.3 Å². The van der Waals surface area contributed by atoms with Crippen LogP contribution in [0, 0.1) is 0 Å². The quantitative estimate of drug-likeness (QED) is 0.582. The van der Waals surface area contributed by atoms with E-state index in [1.807, 2.05) is 51.1 Å². The first-order valence-corrected chi connectivity index (χ1v) is 10.8. The lowest BCUT2D eigenvalue weighted by Crippen LogP contribution is -2.38. The molecule has 1 N–H and O–H groups in total. The predicted molar refractivity (Wildman–Crippen MR) is 122 cm³/mol. The van der Waals surface area contributed by atoms with Gasteiger partial charge in [-0.3, -0.25) is 0 Å². The lowest BCUT2D eigenvalue weighted by atomic mass is 9.98. The Hall–Kier alpha value is -2.53. The summed E-state index contributed by atoms with van der Waals surface area (Å²) in [5, 5.41) is 2.93. The van der Waals surface area contributed by atoms with Gasteiger partial charge in [-0.1, -0.05) is 56.3 Å². The Bertz CT molecular complexity index is 750. The van der Waals surface area contributed by atoms with Crippen molar-refractivity contribution < 1.29 is 14.3 Å². The van der Waals surface area contributed by atoms with Crippen LogP contribution in [0.1, 0.15) is 51.7 Å². The molecule has 0 aliphatic heterocycles. The molecule has 0 saturated carbocycles. The topological polar surface area (TPSA) is 50.8 Å². The number of ether oxygens (including phenoxy) is 2. The van der Waals surface area contributed by atoms with Gasteiger partial charge in [-0.25, -0.2) is 4.79 Å². The Labute approximate surface area is 181 Å². The fraction of sp³-hybridized carbons (Fsp3) is 0.480. The molecule has 2 aromatic carbocycles. The molecule has 0 spiro atoms. The number of likely N-dealkylation sites (N-methyl/N-ethyl adjacent to an activating group) is 1. The smallest absolute Gasteiger partial charge is 0.407 e. The first-order chi connectivity index (χ1) is 14.3. The van der Waals surface area contributed by atoms with E-state index in [9.17, 15) is 4.79 Å². The van der Waals surface area contributed by atoms with Crippen LogP contribution in [0.4, 0.5) is 4.79 Å². The third kappa shape index (κ3) is 8.46. The summed E-state index contributed by atoms with van der Waals surface area (Å²) in [6.07, 6.45) is -0.380. The molecule has 30 heavy (non-hydrogen) atoms. The Balaban J connectivity index is 2.02. The summed E-state index contributed by atoms with van der Waals surface area (Å²) < 4.78 is 11.3. The van der Waals surface area contributed by atoms with E-state index in [0.29, 0.717) is 13.2 Å². The maximum atomic E-state index is 12.1. The largest absolute Gasteiger partial charge is 0.489 e. The number of nitrogens with zero attached hydrogens (tertiary/aromatic N) is 1. The van der Waals surface area contributed by atoms with Crippen molar-refractivity contribution in [2.24, 2.45) is 0 Å². The average molecular weight is 413 g/mol. The van der Waals surface area contributed by atoms with Gasteiger partial charge in [0.15, 0.2) is 0 Å². The lowest BCUT2D eigenvalue weighted by molar-refractivity contribution is 0.0522. The van der Waals surface area contributed by atoms with Gasteiger partial charge in [0.2, 0.25) is 0 Å². The van der Waals surface area contributed by atoms with E-state index in [2.05, 4.69) is 48.3 Å². The molecule has 0 aliphatic rings. The number of rotatable bonds is 10. The SMILES string of the molecule is CCN(CC)CC(CNC(=O)OC(C)(C)C)c1ccc(OCc2ccccc2)cc1. The first kappa shape index (κ1) is 23.7. The molecule has 5 heteroatoms. The summed E-state index contributed by atoms with van der Waals surface area (Å²) in [6.45, 7) is 13.8. The summed E-state index contributed by atoms with van der Waals surface area (Å²) in [5.41, 5.74) is 1.81. The molecule has 0 radical (unpaired) electrons. The Morgan fingerprint density at radius 1 is 1.00 bits per heavy atom. The fourth-order valence-corrected chi connectivity index (χ4v) is 3.18. The van der Waals surface area contributed by atoms with Gasteiger partial charge in [0, 0.05) is 19.0 Å². The Morgan fingerprint density at radius 2 is 1.63 bits per heavy atom. The van der Waals surface area contributed by atoms with E-state index in [1.165, 1.54) is 5.56 Å². The highest BCUT2D eigenvalue weighted by Crippen LogP contribution is 2.21. The molecule has 2 aromatic rings. The molecule has 1 unspecified atom stereocenters. The number of alkyl carbamates (subject to hydrolysis) is 1. The highest BCUT2D eigenvalue weighted by atomic mass is 16.6. The molecular formula is C25H36N2O3. The maximum Gasteiger partial charge on any atom is 0.407 e. The molecule has 1 amide bonds. The fourth-order valence-electron chi connectivity index (χ4n) is 3.18. The van der Waals surface area contributed by atoms with Gasteiger partial charge in [0.1, 0.15) is 18.0 Å². The number of nitrogens with one attached hydrogen (secondary N) is 1. The molecule has 0 heterocycles. The van der Waals surface area contributed by atoms with Crippen molar-refractivity contribution in [2.75, 3.05) is 26.2 Å². The van der Waals surface area contributed by atoms with Crippen molar-refractivity contribution in [3.63, 3.8) is 0 Å². The summed E-state index contributed by atoms with van der Waals surface area (Å²) in [7, 11) is 0. The lowest BCUT2D eigenvalue weighted by Gasteiger charge is -2.27. The third-order valence-electron chi connectivity index (χ3n) is 4.86. The molecule has 0 aromatic heterocycles. The molecule has 0 bridgehead atoms. The second kappa shape index (κ2) is 11.6. The van der Waals surface area contributed by atoms with E-state index in [1.54, 1.807) is 0 Å². The zero-order valence-corrected chi connectivity index (χ0v) is 19.0. The molecule has 1 atom stereocenters. The minimum atomic E-state index is -0.504. The molecular weight excluding hydrogens is 376 g/mol. The number of hydrogen-bond donors (Lipinski definition) is 1. The number of carbonyl (C=O) groups is 1. The van der Waals surface area contributed by atoms with Gasteiger partial charge in [-0.2, -0.15) is 0 Å². The number of amides is 1. The number of benzene rings is 2. The molecule has 0 fully saturated rings. The van der Waals surface area contributed by atoms with E-state index < -0.39 is 5.60 Å². The van der Waals surface area contributed by atoms with Crippen LogP contribution >= 0.6 is 0 Å². The van der Waals surface area contributed by atoms with Crippen molar-refractivity contribution in [1.82, 2.24) is 10.2 Å². The minimum absolute atomic E-state index is 0.167. The number of hydrogen-bond acceptors (Lipinski definition) is 4. The van der Waals surface area contributed by atoms with Crippen LogP contribution in [-0.4, -0.2) is 42.8 Å². The van der Waals surface area contributed by atoms with Gasteiger partial charge in [-0.05, 0) is 57.1 Å². The van der Waals surface area contributed by atoms with Crippen molar-refractivity contribution in [1.29, 1.82) is 0 Å². The zero-order chi connectivity index (χ0) is 22.0. The van der Waals surface area contributed by atoms with Crippen molar-refractivity contribution in [3.05, 3.63) is 65.7 Å². The van der Waals surface area contributed by atoms with Crippen LogP contribution in [0.25, 0.3) is 0 Å². The normalized spacial score (nSPS) is 12.5. The van der Waals surface area contributed by atoms with Crippen molar-refractivity contribution >= 4 is 6.09 Å². The van der Waals surface area contributed by atoms with Crippen LogP contribution in [0.2, 0.25) is 0 Å². The molecule has 5 nitrogen and oxygen atoms in total. The van der Waals surface area contributed by atoms with Gasteiger partial charge in [-0.15, -0.1) is 0 Å². The Kier molecular flexibility index (Phi) is 9.18. The highest BCUT2D eigenvalue weighted by Gasteiger charge is 2.20. The average Bonchev–Trinajstić information content (AvgIpc) is 2.72. The summed E-state index contributed by atoms with van der Waals surface area (Å²) >= 11 is 0. The van der Waals surface area contributed by atoms with Crippen molar-refractivity contribution in [3.8, 4) is 5.75 Å². The van der Waals surface area contributed by atoms with E-state index >= 15 is 0 Å². The Morgan fingerprint density at radius 3 is 2.20 bits per heavy atom. The standard InChI is InChI=1S/C25H36N2O3/c1-6-27(7-2)18-22(17-26-24(28)30-25(3,4)5)21-13-15-23(16-14-21)29-19-20-11-9-8-10-12-20/h8-16,22H,6-7,17-19H2,1-5H3,(H,26,28). The van der Waals surface area contributed by atoms with Crippen LogP contribution in [0.3, 0.4) is 0 Å². The van der Waals surface area contributed by atoms with Crippen LogP contribution < -0.4 is 10.1 Å². The predicted octanol–water partition coefficient (Wildman–Crippen LogP) is 5.22. The summed E-state index contributed by atoms with van der Waals surface area (Å²) in [6, 6.07) is 18.3. The zero-order valence-electron chi connectivity index (χ0n) is 19.0. The molecule has 0 saturated heterocycles. The highest BCUT2D eigenvalue weighted by molar-refractivity contribution is 5.67. The molecule has 2 rings (SSSR count). The number of carbonyl (C=O) groups excluding carboxylic acids is 1. The van der Waals surface area contributed by atoms with Crippen molar-refractivity contribution in [2.45, 2.75) is 52.7 Å². The molecule has 164 valence electrons. The third-order valence-corrected chi connectivity index (χ3v) is 4.86. The molecule has 0 aliphatic carbocycles. The van der Waals surface area contributed by atoms with Gasteiger partial charge in [0.25, 0.3) is 0 Å². The maximum absolute atomic E-state index is 12.1. The van der Waals surface area contributed by atoms with Crippen LogP contribution in [0.5, 0.6) is 5.75 Å². The summed E-state index contributed by atoms with van der Waals surface area (Å²) in [4.78, 5) is 14.5. The van der Waals surface area contributed by atoms with E-state index in [4.69, 9.17) is 9.47 Å².